The summed E-state index contributed by atoms with van der Waals surface area (Å²) >= 11 is 3.23. The molecule has 0 saturated carbocycles. The molecule has 0 aliphatic carbocycles. The Morgan fingerprint density at radius 1 is 1.40 bits per heavy atom. The molecule has 0 radical (unpaired) electrons. The average Bonchev–Trinajstić information content (AvgIpc) is 2.39. The second-order valence-corrected chi connectivity index (χ2v) is 6.68. The molecule has 1 unspecified atom stereocenters. The van der Waals surface area contributed by atoms with Crippen LogP contribution in [-0.2, 0) is 14.8 Å². The van der Waals surface area contributed by atoms with Gasteiger partial charge in [0.25, 0.3) is 0 Å². The maximum Gasteiger partial charge on any atom is 0.244 e. The van der Waals surface area contributed by atoms with Crippen LogP contribution in [0, 0.1) is 0 Å². The van der Waals surface area contributed by atoms with E-state index in [0.29, 0.717) is 4.47 Å². The van der Waals surface area contributed by atoms with Gasteiger partial charge in [-0.05, 0) is 24.6 Å². The summed E-state index contributed by atoms with van der Waals surface area (Å²) in [5.74, 6) is 0.251. The van der Waals surface area contributed by atoms with E-state index in [9.17, 15) is 8.42 Å². The van der Waals surface area contributed by atoms with Gasteiger partial charge in [-0.15, -0.1) is 0 Å². The van der Waals surface area contributed by atoms with Crippen LogP contribution in [-0.4, -0.2) is 47.0 Å². The van der Waals surface area contributed by atoms with E-state index in [1.165, 1.54) is 20.3 Å². The molecule has 114 valence electrons. The Morgan fingerprint density at radius 2 is 2.10 bits per heavy atom. The predicted molar refractivity (Wildman–Crippen MR) is 78.4 cm³/mol. The third-order valence-electron chi connectivity index (χ3n) is 2.58. The van der Waals surface area contributed by atoms with Crippen LogP contribution in [0.25, 0.3) is 0 Å². The lowest BCUT2D eigenvalue weighted by molar-refractivity contribution is 0.158. The Labute approximate surface area is 127 Å². The van der Waals surface area contributed by atoms with Crippen molar-refractivity contribution in [3.05, 3.63) is 22.7 Å². The van der Waals surface area contributed by atoms with Gasteiger partial charge in [-0.25, -0.2) is 13.1 Å². The molecule has 2 N–H and O–H groups in total. The Kier molecular flexibility index (Phi) is 6.90. The van der Waals surface area contributed by atoms with E-state index in [0.717, 1.165) is 0 Å². The van der Waals surface area contributed by atoms with Gasteiger partial charge in [0.1, 0.15) is 10.6 Å². The molecule has 0 fully saturated rings. The molecule has 0 aromatic heterocycles. The Bertz CT molecular complexity index is 529. The van der Waals surface area contributed by atoms with Crippen molar-refractivity contribution in [2.24, 2.45) is 0 Å². The minimum absolute atomic E-state index is 0.0356. The zero-order valence-corrected chi connectivity index (χ0v) is 13.7. The fourth-order valence-electron chi connectivity index (χ4n) is 1.68. The molecule has 0 saturated heterocycles. The highest BCUT2D eigenvalue weighted by molar-refractivity contribution is 9.10. The van der Waals surface area contributed by atoms with Gasteiger partial charge in [0.2, 0.25) is 10.0 Å². The normalized spacial score (nSPS) is 13.2. The van der Waals surface area contributed by atoms with E-state index in [1.807, 2.05) is 0 Å². The molecule has 8 heteroatoms. The molecule has 0 aliphatic heterocycles. The maximum absolute atomic E-state index is 12.4. The third kappa shape index (κ3) is 4.71. The summed E-state index contributed by atoms with van der Waals surface area (Å²) in [5.41, 5.74) is 0. The van der Waals surface area contributed by atoms with E-state index in [4.69, 9.17) is 14.6 Å². The zero-order chi connectivity index (χ0) is 15.2. The lowest BCUT2D eigenvalue weighted by Gasteiger charge is -2.18. The second-order valence-electron chi connectivity index (χ2n) is 4.08. The molecule has 20 heavy (non-hydrogen) atoms. The first-order valence-electron chi connectivity index (χ1n) is 5.90. The Morgan fingerprint density at radius 3 is 2.65 bits per heavy atom. The van der Waals surface area contributed by atoms with Crippen LogP contribution in [0.1, 0.15) is 6.42 Å². The molecule has 0 aliphatic rings. The fraction of sp³-hybridized carbons (Fsp3) is 0.500. The van der Waals surface area contributed by atoms with Crippen LogP contribution >= 0.6 is 15.9 Å². The molecular formula is C12H18BrNO5S. The Balaban J connectivity index is 3.06. The number of hydrogen-bond acceptors (Lipinski definition) is 5. The highest BCUT2D eigenvalue weighted by Gasteiger charge is 2.23. The summed E-state index contributed by atoms with van der Waals surface area (Å²) < 4.78 is 37.9. The first-order chi connectivity index (χ1) is 9.44. The van der Waals surface area contributed by atoms with Gasteiger partial charge in [0.15, 0.2) is 0 Å². The SMILES string of the molecule is COCC(CCO)NS(=O)(=O)c1cc(Br)ccc1OC. The van der Waals surface area contributed by atoms with Gasteiger partial charge < -0.3 is 14.6 Å². The average molecular weight is 368 g/mol. The van der Waals surface area contributed by atoms with Crippen molar-refractivity contribution in [3.63, 3.8) is 0 Å². The lowest BCUT2D eigenvalue weighted by Crippen LogP contribution is -2.38. The van der Waals surface area contributed by atoms with Crippen molar-refractivity contribution >= 4 is 26.0 Å². The van der Waals surface area contributed by atoms with Crippen molar-refractivity contribution in [3.8, 4) is 5.75 Å². The van der Waals surface area contributed by atoms with Gasteiger partial charge >= 0.3 is 0 Å². The third-order valence-corrected chi connectivity index (χ3v) is 4.62. The topological polar surface area (TPSA) is 84.9 Å². The standard InChI is InChI=1S/C12H18BrNO5S/c1-18-8-10(5-6-15)14-20(16,17)12-7-9(13)3-4-11(12)19-2/h3-4,7,10,14-15H,5-6,8H2,1-2H3. The number of nitrogens with one attached hydrogen (secondary N) is 1. The molecule has 1 rings (SSSR count). The number of halogens is 1. The van der Waals surface area contributed by atoms with Crippen LogP contribution in [0.15, 0.2) is 27.6 Å². The fourth-order valence-corrected chi connectivity index (χ4v) is 3.64. The van der Waals surface area contributed by atoms with E-state index in [-0.39, 0.29) is 30.3 Å². The number of benzene rings is 1. The molecule has 1 atom stereocenters. The molecule has 1 aromatic rings. The first-order valence-corrected chi connectivity index (χ1v) is 8.18. The largest absolute Gasteiger partial charge is 0.495 e. The number of methoxy groups -OCH3 is 2. The van der Waals surface area contributed by atoms with E-state index in [2.05, 4.69) is 20.7 Å². The summed E-state index contributed by atoms with van der Waals surface area (Å²) in [6.45, 7) is 0.0439. The van der Waals surface area contributed by atoms with E-state index >= 15 is 0 Å². The number of sulfonamides is 1. The van der Waals surface area contributed by atoms with Gasteiger partial charge in [-0.3, -0.25) is 0 Å². The van der Waals surface area contributed by atoms with Crippen molar-refractivity contribution in [2.45, 2.75) is 17.4 Å². The van der Waals surface area contributed by atoms with Gasteiger partial charge in [0, 0.05) is 24.2 Å². The summed E-state index contributed by atoms with van der Waals surface area (Å²) in [7, 11) is -0.889. The number of rotatable bonds is 8. The van der Waals surface area contributed by atoms with Gasteiger partial charge in [-0.2, -0.15) is 0 Å². The second kappa shape index (κ2) is 7.94. The van der Waals surface area contributed by atoms with Crippen LogP contribution in [0.5, 0.6) is 5.75 Å². The smallest absolute Gasteiger partial charge is 0.244 e. The minimum atomic E-state index is -3.77. The van der Waals surface area contributed by atoms with Crippen molar-refractivity contribution in [1.29, 1.82) is 0 Å². The number of aliphatic hydroxyl groups excluding tert-OH is 1. The van der Waals surface area contributed by atoms with Crippen molar-refractivity contribution in [2.75, 3.05) is 27.4 Å². The maximum atomic E-state index is 12.4. The minimum Gasteiger partial charge on any atom is -0.495 e. The lowest BCUT2D eigenvalue weighted by atomic mass is 10.2. The summed E-state index contributed by atoms with van der Waals surface area (Å²) in [6, 6.07) is 4.22. The molecule has 0 heterocycles. The summed E-state index contributed by atoms with van der Waals surface area (Å²) in [5, 5.41) is 8.95. The molecular weight excluding hydrogens is 350 g/mol. The number of ether oxygens (including phenoxy) is 2. The molecule has 0 spiro atoms. The van der Waals surface area contributed by atoms with Crippen LogP contribution in [0.3, 0.4) is 0 Å². The highest BCUT2D eigenvalue weighted by atomic mass is 79.9. The van der Waals surface area contributed by atoms with E-state index < -0.39 is 16.1 Å². The van der Waals surface area contributed by atoms with Gasteiger partial charge in [0.05, 0.1) is 13.7 Å². The number of aliphatic hydroxyl groups is 1. The van der Waals surface area contributed by atoms with Gasteiger partial charge in [-0.1, -0.05) is 15.9 Å². The Hall–Kier alpha value is -0.670. The van der Waals surface area contributed by atoms with Crippen LogP contribution < -0.4 is 9.46 Å². The molecule has 1 aromatic carbocycles. The highest BCUT2D eigenvalue weighted by Crippen LogP contribution is 2.27. The zero-order valence-electron chi connectivity index (χ0n) is 11.3. The molecule has 0 bridgehead atoms. The van der Waals surface area contributed by atoms with Crippen LogP contribution in [0.4, 0.5) is 0 Å². The summed E-state index contributed by atoms with van der Waals surface area (Å²) in [4.78, 5) is 0.0356. The number of hydrogen-bond donors (Lipinski definition) is 2. The molecule has 0 amide bonds. The predicted octanol–water partition coefficient (Wildman–Crippen LogP) is 1.13. The van der Waals surface area contributed by atoms with E-state index in [1.54, 1.807) is 12.1 Å². The summed E-state index contributed by atoms with van der Waals surface area (Å²) in [6.07, 6.45) is 0.267. The first kappa shape index (κ1) is 17.4. The van der Waals surface area contributed by atoms with Crippen molar-refractivity contribution in [1.82, 2.24) is 4.72 Å². The quantitative estimate of drug-likeness (QED) is 0.719. The molecule has 6 nitrogen and oxygen atoms in total. The van der Waals surface area contributed by atoms with Crippen molar-refractivity contribution < 1.29 is 23.0 Å². The van der Waals surface area contributed by atoms with Crippen LogP contribution in [0.2, 0.25) is 0 Å². The monoisotopic (exact) mass is 367 g/mol.